The number of hydrogen-bond acceptors (Lipinski definition) is 3. The number of piperidine rings is 1. The van der Waals surface area contributed by atoms with E-state index in [0.717, 1.165) is 38.3 Å². The molecular weight excluding hydrogens is 484 g/mol. The first-order valence-electron chi connectivity index (χ1n) is 8.92. The van der Waals surface area contributed by atoms with Crippen LogP contribution >= 0.6 is 35.6 Å². The van der Waals surface area contributed by atoms with Gasteiger partial charge in [-0.3, -0.25) is 14.7 Å². The van der Waals surface area contributed by atoms with Crippen molar-refractivity contribution in [1.29, 1.82) is 0 Å². The van der Waals surface area contributed by atoms with Crippen molar-refractivity contribution in [2.24, 2.45) is 10.7 Å². The van der Waals surface area contributed by atoms with E-state index in [1.807, 2.05) is 0 Å². The summed E-state index contributed by atoms with van der Waals surface area (Å²) in [6.07, 6.45) is 2.67. The van der Waals surface area contributed by atoms with E-state index in [4.69, 9.17) is 17.3 Å². The maximum atomic E-state index is 14.0. The van der Waals surface area contributed by atoms with Crippen LogP contribution in [-0.4, -0.2) is 55.5 Å². The topological polar surface area (TPSA) is 82.8 Å². The second kappa shape index (κ2) is 9.88. The highest BCUT2D eigenvalue weighted by Gasteiger charge is 2.42. The van der Waals surface area contributed by atoms with Gasteiger partial charge in [0, 0.05) is 48.7 Å². The maximum absolute atomic E-state index is 14.0. The minimum Gasteiger partial charge on any atom is -0.369 e. The van der Waals surface area contributed by atoms with E-state index in [9.17, 15) is 9.18 Å². The van der Waals surface area contributed by atoms with Crippen LogP contribution in [0.4, 0.5) is 4.39 Å². The van der Waals surface area contributed by atoms with Crippen LogP contribution in [0, 0.1) is 5.82 Å². The van der Waals surface area contributed by atoms with Crippen LogP contribution in [0.3, 0.4) is 0 Å². The number of nitrogens with two attached hydrogens (primary N) is 1. The average molecular weight is 510 g/mol. The molecule has 1 heterocycles. The minimum atomic E-state index is -0.291. The minimum absolute atomic E-state index is 0. The number of halogens is 3. The number of hydrogen-bond donors (Lipinski definition) is 3. The summed E-state index contributed by atoms with van der Waals surface area (Å²) in [7, 11) is 1.73. The summed E-state index contributed by atoms with van der Waals surface area (Å²) >= 11 is 6.15. The molecule has 0 spiro atoms. The number of carbonyl (C=O) groups excluding carboxylic acids is 1. The molecule has 0 radical (unpaired) electrons. The van der Waals surface area contributed by atoms with E-state index >= 15 is 0 Å². The molecule has 1 aliphatic heterocycles. The Morgan fingerprint density at radius 2 is 2.07 bits per heavy atom. The molecule has 1 saturated heterocycles. The van der Waals surface area contributed by atoms with Crippen molar-refractivity contribution in [2.75, 3.05) is 26.7 Å². The maximum Gasteiger partial charge on any atom is 0.231 e. The van der Waals surface area contributed by atoms with Crippen molar-refractivity contribution >= 4 is 47.4 Å². The summed E-state index contributed by atoms with van der Waals surface area (Å²) in [5.41, 5.74) is 5.83. The Morgan fingerprint density at radius 1 is 1.37 bits per heavy atom. The molecule has 1 aliphatic carbocycles. The Balaban J connectivity index is 0.00000261. The van der Waals surface area contributed by atoms with Crippen LogP contribution < -0.4 is 16.4 Å². The van der Waals surface area contributed by atoms with Crippen LogP contribution in [0.5, 0.6) is 0 Å². The van der Waals surface area contributed by atoms with Gasteiger partial charge in [0.05, 0.1) is 6.54 Å². The van der Waals surface area contributed by atoms with Gasteiger partial charge in [-0.2, -0.15) is 0 Å². The molecule has 2 unspecified atom stereocenters. The van der Waals surface area contributed by atoms with Gasteiger partial charge in [0.25, 0.3) is 0 Å². The Morgan fingerprint density at radius 3 is 2.67 bits per heavy atom. The first kappa shape index (κ1) is 22.2. The number of nitrogens with zero attached hydrogens (tertiary/aromatic N) is 2. The predicted molar refractivity (Wildman–Crippen MR) is 116 cm³/mol. The molecule has 0 bridgehead atoms. The highest BCUT2D eigenvalue weighted by Crippen LogP contribution is 2.44. The summed E-state index contributed by atoms with van der Waals surface area (Å²) in [5.74, 6) is 0.245. The highest BCUT2D eigenvalue weighted by atomic mass is 127. The lowest BCUT2D eigenvalue weighted by molar-refractivity contribution is -0.119. The van der Waals surface area contributed by atoms with Gasteiger partial charge in [-0.15, -0.1) is 24.0 Å². The molecular formula is C18H26ClFIN5O. The van der Waals surface area contributed by atoms with Gasteiger partial charge in [-0.05, 0) is 31.4 Å². The fourth-order valence-corrected chi connectivity index (χ4v) is 3.84. The molecule has 1 amide bonds. The Labute approximate surface area is 181 Å². The lowest BCUT2D eigenvalue weighted by Gasteiger charge is -2.32. The second-order valence-electron chi connectivity index (χ2n) is 6.96. The van der Waals surface area contributed by atoms with Crippen molar-refractivity contribution in [3.05, 3.63) is 34.6 Å². The van der Waals surface area contributed by atoms with Gasteiger partial charge >= 0.3 is 0 Å². The predicted octanol–water partition coefficient (Wildman–Crippen LogP) is 2.07. The fraction of sp³-hybridized carbons (Fsp3) is 0.556. The van der Waals surface area contributed by atoms with E-state index in [-0.39, 0.29) is 47.7 Å². The molecule has 0 aromatic heterocycles. The lowest BCUT2D eigenvalue weighted by atomic mass is 10.1. The van der Waals surface area contributed by atoms with Gasteiger partial charge in [-0.25, -0.2) is 4.39 Å². The molecule has 6 nitrogen and oxygen atoms in total. The number of rotatable bonds is 5. The molecule has 2 aliphatic rings. The monoisotopic (exact) mass is 509 g/mol. The van der Waals surface area contributed by atoms with E-state index in [0.29, 0.717) is 23.2 Å². The largest absolute Gasteiger partial charge is 0.369 e. The zero-order valence-electron chi connectivity index (χ0n) is 15.3. The molecule has 3 rings (SSSR count). The van der Waals surface area contributed by atoms with Crippen LogP contribution in [-0.2, 0) is 4.79 Å². The van der Waals surface area contributed by atoms with E-state index < -0.39 is 0 Å². The zero-order valence-corrected chi connectivity index (χ0v) is 18.3. The van der Waals surface area contributed by atoms with Crippen LogP contribution in [0.25, 0.3) is 0 Å². The number of benzene rings is 1. The molecule has 150 valence electrons. The number of primary amides is 1. The number of guanidine groups is 1. The summed E-state index contributed by atoms with van der Waals surface area (Å²) in [5, 5.41) is 7.26. The third-order valence-electron chi connectivity index (χ3n) is 5.01. The van der Waals surface area contributed by atoms with Crippen LogP contribution in [0.15, 0.2) is 23.2 Å². The third kappa shape index (κ3) is 5.92. The normalized spacial score (nSPS) is 23.4. The van der Waals surface area contributed by atoms with Gasteiger partial charge in [0.2, 0.25) is 5.91 Å². The number of likely N-dealkylation sites (tertiary alicyclic amines) is 1. The first-order valence-corrected chi connectivity index (χ1v) is 9.30. The van der Waals surface area contributed by atoms with E-state index in [1.165, 1.54) is 6.07 Å². The van der Waals surface area contributed by atoms with Crippen molar-refractivity contribution in [3.63, 3.8) is 0 Å². The molecule has 2 atom stereocenters. The summed E-state index contributed by atoms with van der Waals surface area (Å²) in [6.45, 7) is 1.97. The van der Waals surface area contributed by atoms with E-state index in [2.05, 4.69) is 20.5 Å². The standard InChI is InChI=1S/C18H25ClFN5O.HI/c1-22-18(23-11-5-7-25(8-6-11)10-16(21)26)24-15-9-12(15)17-13(19)3-2-4-14(17)20;/h2-4,11-12,15H,5-10H2,1H3,(H2,21,26)(H2,22,23,24);1H. The van der Waals surface area contributed by atoms with Crippen molar-refractivity contribution in [3.8, 4) is 0 Å². The molecule has 9 heteroatoms. The molecule has 4 N–H and O–H groups in total. The molecule has 1 aromatic rings. The van der Waals surface area contributed by atoms with Gasteiger partial charge in [-0.1, -0.05) is 17.7 Å². The molecule has 2 fully saturated rings. The van der Waals surface area contributed by atoms with Gasteiger partial charge in [0.1, 0.15) is 5.82 Å². The Hall–Kier alpha value is -1.13. The van der Waals surface area contributed by atoms with Crippen molar-refractivity contribution < 1.29 is 9.18 Å². The second-order valence-corrected chi connectivity index (χ2v) is 7.37. The fourth-order valence-electron chi connectivity index (χ4n) is 3.53. The molecule has 1 aromatic carbocycles. The highest BCUT2D eigenvalue weighted by molar-refractivity contribution is 14.0. The lowest BCUT2D eigenvalue weighted by Crippen LogP contribution is -2.50. The first-order chi connectivity index (χ1) is 12.5. The quantitative estimate of drug-likeness (QED) is 0.322. The number of amides is 1. The third-order valence-corrected chi connectivity index (χ3v) is 5.34. The van der Waals surface area contributed by atoms with Crippen LogP contribution in [0.1, 0.15) is 30.7 Å². The summed E-state index contributed by atoms with van der Waals surface area (Å²) in [4.78, 5) is 17.3. The molecule has 27 heavy (non-hydrogen) atoms. The van der Waals surface area contributed by atoms with E-state index in [1.54, 1.807) is 19.2 Å². The van der Waals surface area contributed by atoms with Gasteiger partial charge < -0.3 is 16.4 Å². The van der Waals surface area contributed by atoms with Crippen molar-refractivity contribution in [2.45, 2.75) is 37.3 Å². The Kier molecular flexibility index (Phi) is 8.11. The summed E-state index contributed by atoms with van der Waals surface area (Å²) in [6, 6.07) is 5.22. The SMILES string of the molecule is CN=C(NC1CCN(CC(N)=O)CC1)NC1CC1c1c(F)cccc1Cl.I. The number of aliphatic imine (C=N–C) groups is 1. The smallest absolute Gasteiger partial charge is 0.231 e. The average Bonchev–Trinajstić information content (AvgIpc) is 3.34. The Bertz CT molecular complexity index is 676. The van der Waals surface area contributed by atoms with Crippen LogP contribution in [0.2, 0.25) is 5.02 Å². The number of nitrogens with one attached hydrogen (secondary N) is 2. The van der Waals surface area contributed by atoms with Gasteiger partial charge in [0.15, 0.2) is 5.96 Å². The zero-order chi connectivity index (χ0) is 18.7. The van der Waals surface area contributed by atoms with Crippen molar-refractivity contribution in [1.82, 2.24) is 15.5 Å². The molecule has 1 saturated carbocycles. The number of carbonyl (C=O) groups is 1. The summed E-state index contributed by atoms with van der Waals surface area (Å²) < 4.78 is 14.0.